The van der Waals surface area contributed by atoms with Crippen LogP contribution in [-0.2, 0) is 10.0 Å². The minimum Gasteiger partial charge on any atom is -0.497 e. The molecule has 0 amide bonds. The topological polar surface area (TPSA) is 117 Å². The molecule has 0 saturated heterocycles. The number of nitro groups is 1. The van der Waals surface area contributed by atoms with Gasteiger partial charge in [-0.15, -0.1) is 0 Å². The Morgan fingerprint density at radius 1 is 1.12 bits per heavy atom. The van der Waals surface area contributed by atoms with Crippen LogP contribution in [0, 0.1) is 10.1 Å². The highest BCUT2D eigenvalue weighted by Gasteiger charge is 2.27. The van der Waals surface area contributed by atoms with Gasteiger partial charge in [0.25, 0.3) is 15.7 Å². The van der Waals surface area contributed by atoms with Gasteiger partial charge in [0.05, 0.1) is 23.8 Å². The third-order valence-electron chi connectivity index (χ3n) is 3.45. The van der Waals surface area contributed by atoms with Crippen LogP contribution in [0.5, 0.6) is 17.2 Å². The Bertz CT molecular complexity index is 927. The molecule has 0 bridgehead atoms. The minimum atomic E-state index is -4.18. The molecule has 0 aromatic heterocycles. The Morgan fingerprint density at radius 2 is 1.84 bits per heavy atom. The molecule has 3 rings (SSSR count). The van der Waals surface area contributed by atoms with Crippen molar-refractivity contribution >= 4 is 21.4 Å². The zero-order valence-electron chi connectivity index (χ0n) is 13.1. The molecule has 0 radical (unpaired) electrons. The first-order valence-corrected chi connectivity index (χ1v) is 8.64. The van der Waals surface area contributed by atoms with E-state index in [0.29, 0.717) is 24.7 Å². The summed E-state index contributed by atoms with van der Waals surface area (Å²) in [5.41, 5.74) is -0.376. The lowest BCUT2D eigenvalue weighted by molar-refractivity contribution is -0.387. The van der Waals surface area contributed by atoms with E-state index in [-0.39, 0.29) is 11.4 Å². The average molecular weight is 366 g/mol. The average Bonchev–Trinajstić information content (AvgIpc) is 2.60. The summed E-state index contributed by atoms with van der Waals surface area (Å²) in [4.78, 5) is 9.96. The number of rotatable bonds is 5. The summed E-state index contributed by atoms with van der Waals surface area (Å²) in [6.45, 7) is 0.767. The fourth-order valence-corrected chi connectivity index (χ4v) is 3.51. The van der Waals surface area contributed by atoms with Crippen molar-refractivity contribution in [1.29, 1.82) is 0 Å². The fourth-order valence-electron chi connectivity index (χ4n) is 2.31. The van der Waals surface area contributed by atoms with Crippen LogP contribution in [-0.4, -0.2) is 33.7 Å². The second kappa shape index (κ2) is 6.48. The van der Waals surface area contributed by atoms with Crippen LogP contribution in [0.3, 0.4) is 0 Å². The van der Waals surface area contributed by atoms with Crippen molar-refractivity contribution in [3.63, 3.8) is 0 Å². The van der Waals surface area contributed by atoms with Gasteiger partial charge in [-0.05, 0) is 24.3 Å². The van der Waals surface area contributed by atoms with Gasteiger partial charge in [0.15, 0.2) is 16.4 Å². The Hall–Kier alpha value is -3.01. The van der Waals surface area contributed by atoms with E-state index in [1.54, 1.807) is 6.07 Å². The number of benzene rings is 2. The number of nitrogens with one attached hydrogen (secondary N) is 1. The molecule has 0 unspecified atom stereocenters. The quantitative estimate of drug-likeness (QED) is 0.636. The van der Waals surface area contributed by atoms with Crippen LogP contribution in [0.15, 0.2) is 41.3 Å². The van der Waals surface area contributed by atoms with Crippen LogP contribution >= 0.6 is 0 Å². The summed E-state index contributed by atoms with van der Waals surface area (Å²) < 4.78 is 43.1. The molecule has 0 fully saturated rings. The number of nitrogens with zero attached hydrogens (tertiary/aromatic N) is 1. The van der Waals surface area contributed by atoms with Crippen LogP contribution in [0.2, 0.25) is 0 Å². The maximum Gasteiger partial charge on any atom is 0.293 e. The molecule has 0 saturated carbocycles. The Kier molecular flexibility index (Phi) is 4.36. The molecule has 0 aliphatic carbocycles. The van der Waals surface area contributed by atoms with Gasteiger partial charge >= 0.3 is 0 Å². The molecule has 1 aliphatic heterocycles. The largest absolute Gasteiger partial charge is 0.497 e. The minimum absolute atomic E-state index is 0.185. The lowest BCUT2D eigenvalue weighted by Gasteiger charge is -2.19. The summed E-state index contributed by atoms with van der Waals surface area (Å²) in [5, 5.41) is 11.2. The van der Waals surface area contributed by atoms with Crippen molar-refractivity contribution in [1.82, 2.24) is 0 Å². The number of hydrogen-bond donors (Lipinski definition) is 1. The second-order valence-electron chi connectivity index (χ2n) is 5.05. The van der Waals surface area contributed by atoms with Crippen molar-refractivity contribution in [3.8, 4) is 17.2 Å². The number of methoxy groups -OCH3 is 1. The standard InChI is InChI=1S/C15H14N2O7S/c1-22-11-3-5-15(12(9-11)17(18)19)25(20,21)16-10-2-4-13-14(8-10)24-7-6-23-13/h2-5,8-9,16H,6-7H2,1H3. The molecule has 1 aliphatic rings. The molecule has 2 aromatic carbocycles. The summed E-state index contributed by atoms with van der Waals surface area (Å²) in [7, 11) is -2.85. The molecule has 10 heteroatoms. The molecule has 0 atom stereocenters. The number of nitro benzene ring substituents is 1. The van der Waals surface area contributed by atoms with E-state index in [1.807, 2.05) is 0 Å². The van der Waals surface area contributed by atoms with Crippen molar-refractivity contribution in [2.24, 2.45) is 0 Å². The number of anilines is 1. The maximum absolute atomic E-state index is 12.6. The highest BCUT2D eigenvalue weighted by atomic mass is 32.2. The summed E-state index contributed by atoms with van der Waals surface area (Å²) in [6, 6.07) is 8.03. The number of hydrogen-bond acceptors (Lipinski definition) is 7. The van der Waals surface area contributed by atoms with Crippen LogP contribution in [0.1, 0.15) is 0 Å². The molecular formula is C15H14N2O7S. The fraction of sp³-hybridized carbons (Fsp3) is 0.200. The van der Waals surface area contributed by atoms with Gasteiger partial charge in [-0.1, -0.05) is 0 Å². The van der Waals surface area contributed by atoms with Gasteiger partial charge in [0, 0.05) is 6.07 Å². The molecule has 1 N–H and O–H groups in total. The van der Waals surface area contributed by atoms with Gasteiger partial charge in [-0.2, -0.15) is 0 Å². The highest BCUT2D eigenvalue weighted by Crippen LogP contribution is 2.34. The maximum atomic E-state index is 12.6. The molecular weight excluding hydrogens is 352 g/mol. The number of fused-ring (bicyclic) bond motifs is 1. The van der Waals surface area contributed by atoms with Crippen molar-refractivity contribution in [2.75, 3.05) is 25.0 Å². The zero-order valence-corrected chi connectivity index (χ0v) is 13.9. The smallest absolute Gasteiger partial charge is 0.293 e. The predicted octanol–water partition coefficient (Wildman–Crippen LogP) is 2.18. The molecule has 2 aromatic rings. The Balaban J connectivity index is 1.96. The summed E-state index contributed by atoms with van der Waals surface area (Å²) in [6.07, 6.45) is 0. The van der Waals surface area contributed by atoms with Crippen LogP contribution in [0.4, 0.5) is 11.4 Å². The van der Waals surface area contributed by atoms with Gasteiger partial charge in [-0.25, -0.2) is 8.42 Å². The molecule has 9 nitrogen and oxygen atoms in total. The number of ether oxygens (including phenoxy) is 3. The number of sulfonamides is 1. The van der Waals surface area contributed by atoms with E-state index in [1.165, 1.54) is 25.3 Å². The van der Waals surface area contributed by atoms with Crippen molar-refractivity contribution < 1.29 is 27.6 Å². The monoisotopic (exact) mass is 366 g/mol. The van der Waals surface area contributed by atoms with Gasteiger partial charge in [-0.3, -0.25) is 14.8 Å². The van der Waals surface area contributed by atoms with Crippen molar-refractivity contribution in [3.05, 3.63) is 46.5 Å². The molecule has 132 valence electrons. The van der Waals surface area contributed by atoms with E-state index in [9.17, 15) is 18.5 Å². The Labute approximate surface area is 143 Å². The highest BCUT2D eigenvalue weighted by molar-refractivity contribution is 7.92. The van der Waals surface area contributed by atoms with E-state index < -0.39 is 25.5 Å². The molecule has 1 heterocycles. The van der Waals surface area contributed by atoms with Crippen LogP contribution < -0.4 is 18.9 Å². The zero-order chi connectivity index (χ0) is 18.0. The normalized spacial score (nSPS) is 13.2. The van der Waals surface area contributed by atoms with Gasteiger partial charge in [0.1, 0.15) is 19.0 Å². The van der Waals surface area contributed by atoms with E-state index >= 15 is 0 Å². The van der Waals surface area contributed by atoms with Crippen molar-refractivity contribution in [2.45, 2.75) is 4.90 Å². The third-order valence-corrected chi connectivity index (χ3v) is 4.88. The van der Waals surface area contributed by atoms with E-state index in [2.05, 4.69) is 4.72 Å². The predicted molar refractivity (Wildman–Crippen MR) is 87.9 cm³/mol. The first kappa shape index (κ1) is 16.8. The molecule has 0 spiro atoms. The molecule has 25 heavy (non-hydrogen) atoms. The van der Waals surface area contributed by atoms with Crippen LogP contribution in [0.25, 0.3) is 0 Å². The van der Waals surface area contributed by atoms with Gasteiger partial charge < -0.3 is 14.2 Å². The van der Waals surface area contributed by atoms with E-state index in [4.69, 9.17) is 14.2 Å². The van der Waals surface area contributed by atoms with Gasteiger partial charge in [0.2, 0.25) is 0 Å². The van der Waals surface area contributed by atoms with E-state index in [0.717, 1.165) is 12.1 Å². The third kappa shape index (κ3) is 3.43. The Morgan fingerprint density at radius 3 is 2.52 bits per heavy atom. The summed E-state index contributed by atoms with van der Waals surface area (Å²) >= 11 is 0. The SMILES string of the molecule is COc1ccc(S(=O)(=O)Nc2ccc3c(c2)OCCO3)c([N+](=O)[O-])c1. The lowest BCUT2D eigenvalue weighted by atomic mass is 10.3. The second-order valence-corrected chi connectivity index (χ2v) is 6.71. The first-order valence-electron chi connectivity index (χ1n) is 7.15. The summed E-state index contributed by atoms with van der Waals surface area (Å²) in [5.74, 6) is 1.09. The first-order chi connectivity index (χ1) is 11.9. The lowest BCUT2D eigenvalue weighted by Crippen LogP contribution is -2.17.